The van der Waals surface area contributed by atoms with Gasteiger partial charge in [-0.1, -0.05) is 0 Å². The highest BCUT2D eigenvalue weighted by molar-refractivity contribution is 6.00. The third-order valence-corrected chi connectivity index (χ3v) is 5.51. The van der Waals surface area contributed by atoms with Crippen molar-refractivity contribution in [2.24, 2.45) is 5.92 Å². The molecule has 0 bridgehead atoms. The number of hydrogen-bond donors (Lipinski definition) is 1. The van der Waals surface area contributed by atoms with Crippen LogP contribution in [0.5, 0.6) is 5.75 Å². The number of hydrogen-bond acceptors (Lipinski definition) is 5. The second-order valence-electron chi connectivity index (χ2n) is 7.68. The van der Waals surface area contributed by atoms with Gasteiger partial charge in [0.25, 0.3) is 5.56 Å². The van der Waals surface area contributed by atoms with Crippen molar-refractivity contribution < 1.29 is 18.7 Å². The van der Waals surface area contributed by atoms with E-state index >= 15 is 0 Å². The average molecular weight is 450 g/mol. The van der Waals surface area contributed by atoms with Gasteiger partial charge in [-0.25, -0.2) is 9.07 Å². The van der Waals surface area contributed by atoms with E-state index in [9.17, 15) is 18.8 Å². The van der Waals surface area contributed by atoms with Crippen LogP contribution in [0, 0.1) is 11.7 Å². The molecule has 8 nitrogen and oxygen atoms in total. The third-order valence-electron chi connectivity index (χ3n) is 5.51. The molecular formula is C24H23FN4O4. The van der Waals surface area contributed by atoms with E-state index in [2.05, 4.69) is 10.4 Å². The summed E-state index contributed by atoms with van der Waals surface area (Å²) in [5.41, 5.74) is 1.74. The topological polar surface area (TPSA) is 93.5 Å². The number of halogens is 1. The minimum atomic E-state index is -0.516. The van der Waals surface area contributed by atoms with Gasteiger partial charge in [0.05, 0.1) is 25.3 Å². The lowest BCUT2D eigenvalue weighted by Gasteiger charge is -2.16. The van der Waals surface area contributed by atoms with E-state index in [1.165, 1.54) is 39.9 Å². The summed E-state index contributed by atoms with van der Waals surface area (Å²) in [6.45, 7) is 0.609. The van der Waals surface area contributed by atoms with Gasteiger partial charge in [0.1, 0.15) is 11.6 Å². The predicted molar refractivity (Wildman–Crippen MR) is 120 cm³/mol. The molecule has 9 heteroatoms. The molecule has 1 aliphatic heterocycles. The summed E-state index contributed by atoms with van der Waals surface area (Å²) in [6, 6.07) is 16.0. The van der Waals surface area contributed by atoms with Crippen molar-refractivity contribution in [1.29, 1.82) is 0 Å². The van der Waals surface area contributed by atoms with Crippen LogP contribution in [0.4, 0.5) is 10.1 Å². The molecule has 1 aromatic heterocycles. The molecule has 33 heavy (non-hydrogen) atoms. The summed E-state index contributed by atoms with van der Waals surface area (Å²) >= 11 is 0. The van der Waals surface area contributed by atoms with Crippen molar-refractivity contribution in [2.45, 2.75) is 13.0 Å². The van der Waals surface area contributed by atoms with Crippen molar-refractivity contribution in [1.82, 2.24) is 15.1 Å². The van der Waals surface area contributed by atoms with Crippen molar-refractivity contribution in [3.8, 4) is 17.0 Å². The van der Waals surface area contributed by atoms with Crippen LogP contribution in [-0.2, 0) is 16.1 Å². The number of rotatable bonds is 7. The van der Waals surface area contributed by atoms with Gasteiger partial charge in [-0.2, -0.15) is 5.10 Å². The Kier molecular flexibility index (Phi) is 6.48. The highest BCUT2D eigenvalue weighted by atomic mass is 19.1. The van der Waals surface area contributed by atoms with Gasteiger partial charge in [0.15, 0.2) is 0 Å². The molecule has 0 saturated carbocycles. The molecule has 1 N–H and O–H groups in total. The molecule has 1 saturated heterocycles. The first-order valence-corrected chi connectivity index (χ1v) is 10.5. The first kappa shape index (κ1) is 22.2. The normalized spacial score (nSPS) is 15.5. The highest BCUT2D eigenvalue weighted by Crippen LogP contribution is 2.25. The van der Waals surface area contributed by atoms with Gasteiger partial charge in [-0.15, -0.1) is 0 Å². The molecule has 170 valence electrons. The Morgan fingerprint density at radius 3 is 2.52 bits per heavy atom. The van der Waals surface area contributed by atoms with E-state index in [-0.39, 0.29) is 49.2 Å². The molecule has 2 heterocycles. The number of carbonyl (C=O) groups excluding carboxylic acids is 2. The number of benzene rings is 2. The van der Waals surface area contributed by atoms with Gasteiger partial charge >= 0.3 is 0 Å². The Morgan fingerprint density at radius 1 is 1.09 bits per heavy atom. The number of amides is 2. The van der Waals surface area contributed by atoms with Crippen molar-refractivity contribution in [2.75, 3.05) is 25.1 Å². The lowest BCUT2D eigenvalue weighted by molar-refractivity contribution is -0.126. The summed E-state index contributed by atoms with van der Waals surface area (Å²) in [5.74, 6) is -0.644. The summed E-state index contributed by atoms with van der Waals surface area (Å²) in [6.07, 6.45) is 0.0777. The molecule has 1 unspecified atom stereocenters. The SMILES string of the molecule is COc1ccc(-c2ccc(=O)n(CCNC(=O)C3CC(=O)N(c4ccc(F)cc4)C3)n2)cc1. The van der Waals surface area contributed by atoms with Crippen LogP contribution in [0.1, 0.15) is 6.42 Å². The molecular weight excluding hydrogens is 427 g/mol. The highest BCUT2D eigenvalue weighted by Gasteiger charge is 2.34. The summed E-state index contributed by atoms with van der Waals surface area (Å²) in [7, 11) is 1.59. The molecule has 2 aromatic carbocycles. The maximum atomic E-state index is 13.1. The Hall–Kier alpha value is -4.01. The smallest absolute Gasteiger partial charge is 0.266 e. The second-order valence-corrected chi connectivity index (χ2v) is 7.68. The van der Waals surface area contributed by atoms with Crippen LogP contribution in [0.25, 0.3) is 11.3 Å². The number of ether oxygens (including phenoxy) is 1. The third kappa shape index (κ3) is 5.08. The van der Waals surface area contributed by atoms with Gasteiger partial charge in [0.2, 0.25) is 11.8 Å². The van der Waals surface area contributed by atoms with E-state index in [1.807, 2.05) is 24.3 Å². The maximum absolute atomic E-state index is 13.1. The van der Waals surface area contributed by atoms with Crippen LogP contribution in [0.3, 0.4) is 0 Å². The van der Waals surface area contributed by atoms with Crippen LogP contribution in [0.15, 0.2) is 65.5 Å². The largest absolute Gasteiger partial charge is 0.497 e. The number of nitrogens with one attached hydrogen (secondary N) is 1. The number of aromatic nitrogens is 2. The standard InChI is InChI=1S/C24H23FN4O4/c1-33-20-8-2-16(3-9-20)21-10-11-22(30)29(27-21)13-12-26-24(32)17-14-23(31)28(15-17)19-6-4-18(25)5-7-19/h2-11,17H,12-15H2,1H3,(H,26,32). The van der Waals surface area contributed by atoms with Crippen LogP contribution >= 0.6 is 0 Å². The number of anilines is 1. The number of carbonyl (C=O) groups is 2. The molecule has 3 aromatic rings. The van der Waals surface area contributed by atoms with E-state index in [4.69, 9.17) is 4.74 Å². The van der Waals surface area contributed by atoms with Crippen molar-refractivity contribution >= 4 is 17.5 Å². The zero-order valence-corrected chi connectivity index (χ0v) is 18.0. The van der Waals surface area contributed by atoms with Crippen LogP contribution in [-0.4, -0.2) is 41.8 Å². The Morgan fingerprint density at radius 2 is 1.82 bits per heavy atom. The Bertz CT molecular complexity index is 1210. The molecule has 0 spiro atoms. The van der Waals surface area contributed by atoms with E-state index in [0.29, 0.717) is 11.4 Å². The number of nitrogens with zero attached hydrogens (tertiary/aromatic N) is 3. The molecule has 1 atom stereocenters. The van der Waals surface area contributed by atoms with Crippen LogP contribution < -0.4 is 20.5 Å². The van der Waals surface area contributed by atoms with E-state index in [1.54, 1.807) is 13.2 Å². The molecule has 0 aliphatic carbocycles. The van der Waals surface area contributed by atoms with Gasteiger partial charge in [-0.3, -0.25) is 14.4 Å². The Balaban J connectivity index is 1.35. The average Bonchev–Trinajstić information content (AvgIpc) is 3.22. The first-order valence-electron chi connectivity index (χ1n) is 10.5. The molecule has 2 amide bonds. The van der Waals surface area contributed by atoms with Gasteiger partial charge in [0, 0.05) is 36.8 Å². The zero-order chi connectivity index (χ0) is 23.4. The summed E-state index contributed by atoms with van der Waals surface area (Å²) in [5, 5.41) is 7.16. The second kappa shape index (κ2) is 9.64. The summed E-state index contributed by atoms with van der Waals surface area (Å²) < 4.78 is 19.6. The molecule has 1 aliphatic rings. The molecule has 0 radical (unpaired) electrons. The monoisotopic (exact) mass is 450 g/mol. The number of methoxy groups -OCH3 is 1. The fourth-order valence-corrected chi connectivity index (χ4v) is 3.71. The fourth-order valence-electron chi connectivity index (χ4n) is 3.71. The summed E-state index contributed by atoms with van der Waals surface area (Å²) in [4.78, 5) is 38.6. The fraction of sp³-hybridized carbons (Fsp3) is 0.250. The lowest BCUT2D eigenvalue weighted by atomic mass is 10.1. The molecule has 1 fully saturated rings. The van der Waals surface area contributed by atoms with Crippen LogP contribution in [0.2, 0.25) is 0 Å². The lowest BCUT2D eigenvalue weighted by Crippen LogP contribution is -2.36. The first-order chi connectivity index (χ1) is 15.9. The molecule has 4 rings (SSSR count). The Labute approximate surface area is 189 Å². The van der Waals surface area contributed by atoms with Gasteiger partial charge < -0.3 is 15.0 Å². The van der Waals surface area contributed by atoms with E-state index in [0.717, 1.165) is 11.3 Å². The zero-order valence-electron chi connectivity index (χ0n) is 18.0. The van der Waals surface area contributed by atoms with Crippen molar-refractivity contribution in [3.05, 3.63) is 76.8 Å². The van der Waals surface area contributed by atoms with Crippen molar-refractivity contribution in [3.63, 3.8) is 0 Å². The minimum Gasteiger partial charge on any atom is -0.497 e. The van der Waals surface area contributed by atoms with E-state index < -0.39 is 5.92 Å². The van der Waals surface area contributed by atoms with Gasteiger partial charge in [-0.05, 0) is 54.6 Å². The quantitative estimate of drug-likeness (QED) is 0.596. The predicted octanol–water partition coefficient (Wildman–Crippen LogP) is 2.23. The maximum Gasteiger partial charge on any atom is 0.266 e. The minimum absolute atomic E-state index is 0.0777.